The molecule has 2 aliphatic heterocycles. The molecule has 0 saturated carbocycles. The Morgan fingerprint density at radius 1 is 0.875 bits per heavy atom. The number of ether oxygens (including phenoxy) is 2. The Kier molecular flexibility index (Phi) is 13.7. The van der Waals surface area contributed by atoms with Crippen LogP contribution >= 0.6 is 0 Å². The highest BCUT2D eigenvalue weighted by Gasteiger charge is 2.39. The van der Waals surface area contributed by atoms with Gasteiger partial charge in [-0.05, 0) is 105 Å². The summed E-state index contributed by atoms with van der Waals surface area (Å²) in [6, 6.07) is 22.5. The van der Waals surface area contributed by atoms with Crippen LogP contribution in [0.25, 0.3) is 11.8 Å². The number of halogens is 1. The number of alkyl carbamates (subject to hydrolysis) is 1. The van der Waals surface area contributed by atoms with Crippen molar-refractivity contribution in [3.8, 4) is 11.5 Å². The van der Waals surface area contributed by atoms with Crippen molar-refractivity contribution < 1.29 is 27.9 Å². The minimum Gasteiger partial charge on any atom is -0.544 e. The molecule has 11 heteroatoms. The zero-order chi connectivity index (χ0) is 40.5. The van der Waals surface area contributed by atoms with Crippen molar-refractivity contribution in [1.82, 2.24) is 10.2 Å². The molecule has 298 valence electrons. The van der Waals surface area contributed by atoms with Gasteiger partial charge in [-0.1, -0.05) is 82.9 Å². The van der Waals surface area contributed by atoms with E-state index < -0.39 is 19.7 Å². The Hall–Kier alpha value is -5.03. The lowest BCUT2D eigenvalue weighted by atomic mass is 10.0. The van der Waals surface area contributed by atoms with Crippen molar-refractivity contribution in [2.75, 3.05) is 13.2 Å². The van der Waals surface area contributed by atoms with Crippen LogP contribution in [0.1, 0.15) is 96.8 Å². The number of carbonyl (C=O) groups is 2. The zero-order valence-corrected chi connectivity index (χ0v) is 35.2. The number of nitrogens with one attached hydrogen (secondary N) is 1. The Bertz CT molecular complexity index is 1980. The fraction of sp³-hybridized carbons (Fsp3) is 0.422. The second kappa shape index (κ2) is 18.3. The highest BCUT2D eigenvalue weighted by Crippen LogP contribution is 2.38. The smallest absolute Gasteiger partial charge is 0.407 e. The number of rotatable bonds is 16. The largest absolute Gasteiger partial charge is 0.544 e. The number of nitrogens with zero attached hydrogens (tertiary/aromatic N) is 3. The second-order valence-electron chi connectivity index (χ2n) is 16.9. The molecular formula is C45H57FN4O5Si. The lowest BCUT2D eigenvalue weighted by Crippen LogP contribution is -2.43. The van der Waals surface area contributed by atoms with Crippen LogP contribution in [0.15, 0.2) is 94.7 Å². The molecule has 0 aromatic heterocycles. The van der Waals surface area contributed by atoms with Gasteiger partial charge in [-0.25, -0.2) is 19.2 Å². The van der Waals surface area contributed by atoms with Gasteiger partial charge in [0.1, 0.15) is 17.0 Å². The molecule has 3 aromatic carbocycles. The van der Waals surface area contributed by atoms with E-state index in [1.807, 2.05) is 75.4 Å². The average Bonchev–Trinajstić information content (AvgIpc) is 3.43. The first-order valence-corrected chi connectivity index (χ1v) is 22.6. The van der Waals surface area contributed by atoms with Gasteiger partial charge in [-0.2, -0.15) is 0 Å². The number of hydrogen-bond donors (Lipinski definition) is 1. The highest BCUT2D eigenvalue weighted by atomic mass is 28.4. The fourth-order valence-corrected chi connectivity index (χ4v) is 6.92. The average molecular weight is 781 g/mol. The number of aliphatic imine (C=N–C) groups is 2. The van der Waals surface area contributed by atoms with Crippen LogP contribution in [-0.4, -0.2) is 55.5 Å². The van der Waals surface area contributed by atoms with Crippen molar-refractivity contribution >= 4 is 43.6 Å². The minimum atomic E-state index is -2.01. The summed E-state index contributed by atoms with van der Waals surface area (Å²) >= 11 is 0. The maximum atomic E-state index is 15.2. The quantitative estimate of drug-likeness (QED) is 0.0886. The summed E-state index contributed by atoms with van der Waals surface area (Å²) in [7, 11) is -2.01. The van der Waals surface area contributed by atoms with E-state index in [2.05, 4.69) is 39.2 Å². The highest BCUT2D eigenvalue weighted by molar-refractivity contribution is 6.74. The van der Waals surface area contributed by atoms with Gasteiger partial charge in [0.2, 0.25) is 8.32 Å². The monoisotopic (exact) mass is 780 g/mol. The standard InChI is InChI=1S/C45H57FN4O5Si/c1-44(2,3)54-43(52)47-26-16-11-9-10-12-17-27-53-40-25-20-33(28-36(40)46)30-38-42(51)50-31-39(48-37(41(50)49-38)29-32-18-14-13-15-19-32)34-21-23-35(24-22-34)55-56(7,8)45(4,5)6/h13-15,18-25,28,30-31H,9-12,16-17,26-27,29H2,1-8H3,(H,47,52)/b38-30-. The van der Waals surface area contributed by atoms with E-state index in [1.54, 1.807) is 29.3 Å². The Balaban J connectivity index is 1.19. The van der Waals surface area contributed by atoms with E-state index in [4.69, 9.17) is 23.9 Å². The van der Waals surface area contributed by atoms with Crippen molar-refractivity contribution in [3.63, 3.8) is 0 Å². The normalized spacial score (nSPS) is 15.2. The van der Waals surface area contributed by atoms with Crippen LogP contribution in [0.2, 0.25) is 18.1 Å². The number of fused-ring (bicyclic) bond motifs is 1. The number of amidine groups is 1. The second-order valence-corrected chi connectivity index (χ2v) is 21.6. The predicted octanol–water partition coefficient (Wildman–Crippen LogP) is 10.7. The molecule has 0 radical (unpaired) electrons. The van der Waals surface area contributed by atoms with E-state index in [0.29, 0.717) is 42.4 Å². The molecule has 0 spiro atoms. The minimum absolute atomic E-state index is 0.0701. The van der Waals surface area contributed by atoms with E-state index in [9.17, 15) is 9.59 Å². The molecule has 9 nitrogen and oxygen atoms in total. The first kappa shape index (κ1) is 42.1. The van der Waals surface area contributed by atoms with Crippen molar-refractivity contribution in [3.05, 3.63) is 107 Å². The van der Waals surface area contributed by atoms with E-state index in [-0.39, 0.29) is 28.5 Å². The summed E-state index contributed by atoms with van der Waals surface area (Å²) in [6.45, 7) is 17.6. The Morgan fingerprint density at radius 2 is 1.55 bits per heavy atom. The molecule has 2 heterocycles. The van der Waals surface area contributed by atoms with Crippen LogP contribution in [0.5, 0.6) is 11.5 Å². The Morgan fingerprint density at radius 3 is 2.21 bits per heavy atom. The van der Waals surface area contributed by atoms with Gasteiger partial charge < -0.3 is 19.2 Å². The molecule has 0 bridgehead atoms. The molecule has 0 atom stereocenters. The van der Waals surface area contributed by atoms with Crippen LogP contribution < -0.4 is 14.5 Å². The van der Waals surface area contributed by atoms with Gasteiger partial charge in [0.15, 0.2) is 17.4 Å². The van der Waals surface area contributed by atoms with Gasteiger partial charge in [0, 0.05) is 24.7 Å². The van der Waals surface area contributed by atoms with E-state index in [0.717, 1.165) is 55.4 Å². The number of benzene rings is 3. The molecule has 0 fully saturated rings. The van der Waals surface area contributed by atoms with Gasteiger partial charge in [0.25, 0.3) is 5.91 Å². The predicted molar refractivity (Wildman–Crippen MR) is 226 cm³/mol. The molecule has 0 aliphatic carbocycles. The molecule has 5 rings (SSSR count). The summed E-state index contributed by atoms with van der Waals surface area (Å²) in [4.78, 5) is 36.8. The van der Waals surface area contributed by atoms with Gasteiger partial charge in [-0.15, -0.1) is 0 Å². The number of hydrogen-bond acceptors (Lipinski definition) is 7. The van der Waals surface area contributed by atoms with Gasteiger partial charge in [0.05, 0.1) is 18.0 Å². The molecular weight excluding hydrogens is 724 g/mol. The Labute approximate surface area is 332 Å². The molecule has 3 aromatic rings. The molecule has 56 heavy (non-hydrogen) atoms. The molecule has 0 unspecified atom stereocenters. The summed E-state index contributed by atoms with van der Waals surface area (Å²) < 4.78 is 32.7. The molecule has 2 amide bonds. The fourth-order valence-electron chi connectivity index (χ4n) is 5.89. The van der Waals surface area contributed by atoms with Crippen molar-refractivity contribution in [2.45, 2.75) is 110 Å². The van der Waals surface area contributed by atoms with Gasteiger partial charge in [-0.3, -0.25) is 9.69 Å². The maximum Gasteiger partial charge on any atom is 0.407 e. The van der Waals surface area contributed by atoms with Crippen molar-refractivity contribution in [2.24, 2.45) is 9.98 Å². The number of unbranched alkanes of at least 4 members (excludes halogenated alkanes) is 5. The van der Waals surface area contributed by atoms with Crippen LogP contribution in [0, 0.1) is 5.82 Å². The van der Waals surface area contributed by atoms with Crippen LogP contribution in [-0.2, 0) is 16.0 Å². The third kappa shape index (κ3) is 11.7. The van der Waals surface area contributed by atoms with Crippen LogP contribution in [0.3, 0.4) is 0 Å². The SMILES string of the molecule is CC(C)(C)OC(=O)NCCCCCCCCOc1ccc(/C=C2\N=C3C(Cc4ccccc4)=NC(c4ccc(O[Si](C)(C)C(C)(C)C)cc4)=CN3C2=O)cc1F. The first-order chi connectivity index (χ1) is 26.5. The third-order valence-electron chi connectivity index (χ3n) is 9.96. The maximum absolute atomic E-state index is 15.2. The summed E-state index contributed by atoms with van der Waals surface area (Å²) in [5, 5.41) is 2.85. The van der Waals surface area contributed by atoms with E-state index in [1.165, 1.54) is 6.07 Å². The summed E-state index contributed by atoms with van der Waals surface area (Å²) in [5.41, 5.74) is 3.41. The van der Waals surface area contributed by atoms with Gasteiger partial charge >= 0.3 is 6.09 Å². The lowest BCUT2D eigenvalue weighted by molar-refractivity contribution is -0.120. The molecule has 2 aliphatic rings. The summed E-state index contributed by atoms with van der Waals surface area (Å²) in [5.74, 6) is 0.642. The third-order valence-corrected chi connectivity index (χ3v) is 14.3. The van der Waals surface area contributed by atoms with Crippen LogP contribution in [0.4, 0.5) is 9.18 Å². The summed E-state index contributed by atoms with van der Waals surface area (Å²) in [6.07, 6.45) is 9.17. The lowest BCUT2D eigenvalue weighted by Gasteiger charge is -2.36. The molecule has 1 N–H and O–H groups in total. The zero-order valence-electron chi connectivity index (χ0n) is 34.2. The molecule has 0 saturated heterocycles. The first-order valence-electron chi connectivity index (χ1n) is 19.7. The topological polar surface area (TPSA) is 102 Å². The van der Waals surface area contributed by atoms with E-state index >= 15 is 4.39 Å². The number of amides is 2. The van der Waals surface area contributed by atoms with Crippen molar-refractivity contribution in [1.29, 1.82) is 0 Å². The number of carbonyl (C=O) groups excluding carboxylic acids is 2.